The summed E-state index contributed by atoms with van der Waals surface area (Å²) < 4.78 is 10.7. The fraction of sp³-hybridized carbons (Fsp3) is 0.778. The third kappa shape index (κ3) is 8.37. The molecule has 16 heavy (non-hydrogen) atoms. The predicted molar refractivity (Wildman–Crippen MR) is 61.7 cm³/mol. The highest BCUT2D eigenvalue weighted by Crippen LogP contribution is 1.85. The average Bonchev–Trinajstić information content (AvgIpc) is 2.14. The van der Waals surface area contributed by atoms with Gasteiger partial charge in [0.05, 0.1) is 0 Å². The normalized spacial score (nSPS) is 14.1. The molecule has 0 aliphatic carbocycles. The van der Waals surface area contributed by atoms with Gasteiger partial charge in [-0.2, -0.15) is 0 Å². The van der Waals surface area contributed by atoms with Gasteiger partial charge in [-0.25, -0.2) is 4.79 Å². The number of amides is 1. The Morgan fingerprint density at radius 2 is 2.06 bits per heavy atom. The van der Waals surface area contributed by atoms with E-state index in [1.54, 1.807) is 6.26 Å². The lowest BCUT2D eigenvalue weighted by atomic mass is 10.3. The van der Waals surface area contributed by atoms with Crippen molar-refractivity contribution in [1.82, 2.24) is 10.6 Å². The maximum atomic E-state index is 10.7. The molecule has 94 valence electrons. The number of hydrogen-bond donors (Lipinski definition) is 3. The predicted octanol–water partition coefficient (Wildman–Crippen LogP) is -1.07. The molecule has 0 aromatic carbocycles. The second kappa shape index (κ2) is 8.23. The fourth-order valence-corrected chi connectivity index (χ4v) is 1.64. The summed E-state index contributed by atoms with van der Waals surface area (Å²) >= 11 is 0. The molecule has 0 aliphatic heterocycles. The van der Waals surface area contributed by atoms with Crippen LogP contribution in [0.15, 0.2) is 0 Å². The Bertz CT molecular complexity index is 270. The van der Waals surface area contributed by atoms with E-state index in [0.29, 0.717) is 12.3 Å². The summed E-state index contributed by atoms with van der Waals surface area (Å²) in [5.41, 5.74) is 0. The van der Waals surface area contributed by atoms with Crippen LogP contribution in [0.4, 0.5) is 0 Å². The SMILES string of the molecule is CC(=O)NC(CNCCCS(C)=O)C(=O)O. The first kappa shape index (κ1) is 15.0. The zero-order valence-electron chi connectivity index (χ0n) is 9.49. The van der Waals surface area contributed by atoms with Crippen molar-refractivity contribution in [2.45, 2.75) is 19.4 Å². The van der Waals surface area contributed by atoms with Gasteiger partial charge in [-0.05, 0) is 13.0 Å². The Hall–Kier alpha value is -0.950. The maximum Gasteiger partial charge on any atom is 0.327 e. The highest BCUT2D eigenvalue weighted by atomic mass is 32.2. The number of carboxylic acid groups (broad SMARTS) is 1. The Morgan fingerprint density at radius 3 is 2.50 bits per heavy atom. The van der Waals surface area contributed by atoms with E-state index in [0.717, 1.165) is 6.42 Å². The van der Waals surface area contributed by atoms with Crippen LogP contribution in [-0.2, 0) is 20.4 Å². The van der Waals surface area contributed by atoms with Crippen LogP contribution >= 0.6 is 0 Å². The average molecular weight is 250 g/mol. The van der Waals surface area contributed by atoms with Gasteiger partial charge in [-0.1, -0.05) is 0 Å². The van der Waals surface area contributed by atoms with Crippen LogP contribution in [0.25, 0.3) is 0 Å². The topological polar surface area (TPSA) is 95.5 Å². The summed E-state index contributed by atoms with van der Waals surface area (Å²) in [5.74, 6) is -0.851. The lowest BCUT2D eigenvalue weighted by molar-refractivity contribution is -0.141. The smallest absolute Gasteiger partial charge is 0.327 e. The summed E-state index contributed by atoms with van der Waals surface area (Å²) in [7, 11) is -0.824. The third-order valence-electron chi connectivity index (χ3n) is 1.81. The summed E-state index contributed by atoms with van der Waals surface area (Å²) in [4.78, 5) is 21.4. The van der Waals surface area contributed by atoms with E-state index in [1.807, 2.05) is 0 Å². The zero-order valence-corrected chi connectivity index (χ0v) is 10.3. The number of rotatable bonds is 8. The maximum absolute atomic E-state index is 10.7. The van der Waals surface area contributed by atoms with Gasteiger partial charge in [0.25, 0.3) is 0 Å². The Kier molecular flexibility index (Phi) is 7.74. The number of hydrogen-bond acceptors (Lipinski definition) is 4. The van der Waals surface area contributed by atoms with E-state index in [-0.39, 0.29) is 12.5 Å². The summed E-state index contributed by atoms with van der Waals surface area (Å²) in [6.07, 6.45) is 2.34. The molecule has 0 aromatic heterocycles. The number of carbonyl (C=O) groups is 2. The standard InChI is InChI=1S/C9H18N2O4S/c1-7(12)11-8(9(13)14)6-10-4-3-5-16(2)15/h8,10H,3-6H2,1-2H3,(H,11,12)(H,13,14). The van der Waals surface area contributed by atoms with Crippen molar-refractivity contribution in [3.8, 4) is 0 Å². The largest absolute Gasteiger partial charge is 0.480 e. The van der Waals surface area contributed by atoms with E-state index in [1.165, 1.54) is 6.92 Å². The molecule has 0 aromatic rings. The quantitative estimate of drug-likeness (QED) is 0.477. The Labute approximate surface area is 97.3 Å². The molecule has 2 unspecified atom stereocenters. The molecule has 7 heteroatoms. The molecule has 3 N–H and O–H groups in total. The molecule has 0 fully saturated rings. The summed E-state index contributed by atoms with van der Waals surface area (Å²) in [6.45, 7) is 2.03. The van der Waals surface area contributed by atoms with Crippen molar-refractivity contribution in [3.05, 3.63) is 0 Å². The van der Waals surface area contributed by atoms with E-state index < -0.39 is 22.8 Å². The van der Waals surface area contributed by atoms with Crippen molar-refractivity contribution in [2.24, 2.45) is 0 Å². The summed E-state index contributed by atoms with van der Waals surface area (Å²) in [5, 5.41) is 14.0. The molecule has 0 saturated carbocycles. The fourth-order valence-electron chi connectivity index (χ4n) is 1.09. The van der Waals surface area contributed by atoms with Gasteiger partial charge in [0.15, 0.2) is 0 Å². The van der Waals surface area contributed by atoms with Gasteiger partial charge >= 0.3 is 5.97 Å². The minimum atomic E-state index is -1.07. The van der Waals surface area contributed by atoms with Crippen molar-refractivity contribution < 1.29 is 18.9 Å². The van der Waals surface area contributed by atoms with Crippen LogP contribution in [0.5, 0.6) is 0 Å². The Balaban J connectivity index is 3.72. The van der Waals surface area contributed by atoms with E-state index >= 15 is 0 Å². The van der Waals surface area contributed by atoms with Crippen molar-refractivity contribution in [1.29, 1.82) is 0 Å². The molecule has 0 rings (SSSR count). The molecule has 0 bridgehead atoms. The molecule has 0 spiro atoms. The number of carboxylic acids is 1. The molecule has 1 amide bonds. The molecule has 0 aliphatic rings. The van der Waals surface area contributed by atoms with Crippen LogP contribution in [0.2, 0.25) is 0 Å². The number of carbonyl (C=O) groups excluding carboxylic acids is 1. The molecule has 0 radical (unpaired) electrons. The minimum Gasteiger partial charge on any atom is -0.480 e. The van der Waals surface area contributed by atoms with E-state index in [9.17, 15) is 13.8 Å². The second-order valence-electron chi connectivity index (χ2n) is 3.43. The van der Waals surface area contributed by atoms with Crippen molar-refractivity contribution in [2.75, 3.05) is 25.1 Å². The highest BCUT2D eigenvalue weighted by molar-refractivity contribution is 7.84. The van der Waals surface area contributed by atoms with Gasteiger partial charge in [-0.15, -0.1) is 0 Å². The number of nitrogens with one attached hydrogen (secondary N) is 2. The van der Waals surface area contributed by atoms with Gasteiger partial charge < -0.3 is 15.7 Å². The molecule has 0 heterocycles. The monoisotopic (exact) mass is 250 g/mol. The van der Waals surface area contributed by atoms with Crippen LogP contribution in [0.1, 0.15) is 13.3 Å². The molecule has 0 saturated heterocycles. The van der Waals surface area contributed by atoms with Gasteiger partial charge in [0, 0.05) is 36.3 Å². The van der Waals surface area contributed by atoms with E-state index in [2.05, 4.69) is 10.6 Å². The molecule has 2 atom stereocenters. The van der Waals surface area contributed by atoms with Gasteiger partial charge in [0.2, 0.25) is 5.91 Å². The Morgan fingerprint density at radius 1 is 1.44 bits per heavy atom. The molecular weight excluding hydrogens is 232 g/mol. The molecule has 6 nitrogen and oxygen atoms in total. The first-order valence-corrected chi connectivity index (χ1v) is 6.67. The lowest BCUT2D eigenvalue weighted by Crippen LogP contribution is -2.46. The second-order valence-corrected chi connectivity index (χ2v) is 4.98. The van der Waals surface area contributed by atoms with Crippen molar-refractivity contribution >= 4 is 22.7 Å². The zero-order chi connectivity index (χ0) is 12.6. The lowest BCUT2D eigenvalue weighted by Gasteiger charge is -2.13. The van der Waals surface area contributed by atoms with E-state index in [4.69, 9.17) is 5.11 Å². The minimum absolute atomic E-state index is 0.172. The first-order valence-electron chi connectivity index (χ1n) is 4.94. The van der Waals surface area contributed by atoms with Crippen LogP contribution in [0.3, 0.4) is 0 Å². The van der Waals surface area contributed by atoms with Crippen molar-refractivity contribution in [3.63, 3.8) is 0 Å². The van der Waals surface area contributed by atoms with Gasteiger partial charge in [-0.3, -0.25) is 9.00 Å². The highest BCUT2D eigenvalue weighted by Gasteiger charge is 2.17. The summed E-state index contributed by atoms with van der Waals surface area (Å²) in [6, 6.07) is -0.912. The first-order chi connectivity index (χ1) is 7.43. The molecular formula is C9H18N2O4S. The van der Waals surface area contributed by atoms with Crippen LogP contribution in [-0.4, -0.2) is 52.3 Å². The van der Waals surface area contributed by atoms with Gasteiger partial charge in [0.1, 0.15) is 6.04 Å². The third-order valence-corrected chi connectivity index (χ3v) is 2.67. The number of aliphatic carboxylic acids is 1. The van der Waals surface area contributed by atoms with Crippen LogP contribution < -0.4 is 10.6 Å². The van der Waals surface area contributed by atoms with Crippen LogP contribution in [0, 0.1) is 0 Å².